The topological polar surface area (TPSA) is 24.9 Å². The Kier molecular flexibility index (Phi) is 4.39. The largest absolute Gasteiger partial charge is 0.317 e. The first kappa shape index (κ1) is 13.5. The van der Waals surface area contributed by atoms with Crippen LogP contribution in [0.3, 0.4) is 0 Å². The zero-order valence-corrected chi connectivity index (χ0v) is 11.9. The molecule has 1 heterocycles. The summed E-state index contributed by atoms with van der Waals surface area (Å²) in [7, 11) is 0. The van der Waals surface area contributed by atoms with Crippen LogP contribution in [0.5, 0.6) is 0 Å². The maximum atomic E-state index is 4.30. The van der Waals surface area contributed by atoms with Crippen LogP contribution in [0.4, 0.5) is 0 Å². The number of pyridine rings is 1. The molecular formula is C16H26N2. The van der Waals surface area contributed by atoms with Crippen LogP contribution >= 0.6 is 0 Å². The number of nitrogens with zero attached hydrogens (tertiary/aromatic N) is 1. The van der Waals surface area contributed by atoms with E-state index in [2.05, 4.69) is 49.4 Å². The van der Waals surface area contributed by atoms with E-state index in [0.29, 0.717) is 11.3 Å². The fourth-order valence-corrected chi connectivity index (χ4v) is 3.20. The van der Waals surface area contributed by atoms with Crippen molar-refractivity contribution in [1.82, 2.24) is 10.3 Å². The molecule has 1 aliphatic rings. The third-order valence-electron chi connectivity index (χ3n) is 4.30. The van der Waals surface area contributed by atoms with E-state index >= 15 is 0 Å². The summed E-state index contributed by atoms with van der Waals surface area (Å²) in [6, 6.07) is 4.32. The lowest BCUT2D eigenvalue weighted by Crippen LogP contribution is -2.34. The molecule has 2 nitrogen and oxygen atoms in total. The first-order valence-corrected chi connectivity index (χ1v) is 7.23. The normalized spacial score (nSPS) is 27.1. The fourth-order valence-electron chi connectivity index (χ4n) is 3.20. The first-order chi connectivity index (χ1) is 8.62. The molecule has 0 aliphatic heterocycles. The van der Waals surface area contributed by atoms with Crippen molar-refractivity contribution in [2.45, 2.75) is 46.0 Å². The van der Waals surface area contributed by atoms with E-state index in [1.54, 1.807) is 0 Å². The molecule has 1 aromatic rings. The highest BCUT2D eigenvalue weighted by Crippen LogP contribution is 2.46. The van der Waals surface area contributed by atoms with Crippen LogP contribution in [0, 0.1) is 11.3 Å². The molecule has 0 saturated heterocycles. The summed E-state index contributed by atoms with van der Waals surface area (Å²) >= 11 is 0. The molecule has 0 spiro atoms. The molecule has 100 valence electrons. The summed E-state index contributed by atoms with van der Waals surface area (Å²) in [4.78, 5) is 4.30. The molecule has 1 aromatic heterocycles. The minimum atomic E-state index is 0.475. The number of rotatable bonds is 4. The van der Waals surface area contributed by atoms with Crippen LogP contribution in [0.15, 0.2) is 24.5 Å². The Morgan fingerprint density at radius 3 is 2.94 bits per heavy atom. The zero-order valence-electron chi connectivity index (χ0n) is 11.9. The van der Waals surface area contributed by atoms with E-state index in [4.69, 9.17) is 0 Å². The highest BCUT2D eigenvalue weighted by Gasteiger charge is 2.35. The molecule has 2 rings (SSSR count). The second-order valence-corrected chi connectivity index (χ2v) is 6.37. The Morgan fingerprint density at radius 2 is 2.28 bits per heavy atom. The molecule has 0 bridgehead atoms. The Morgan fingerprint density at radius 1 is 1.44 bits per heavy atom. The van der Waals surface area contributed by atoms with Crippen molar-refractivity contribution in [2.24, 2.45) is 11.3 Å². The van der Waals surface area contributed by atoms with E-state index in [0.717, 1.165) is 19.0 Å². The highest BCUT2D eigenvalue weighted by atomic mass is 14.8. The molecular weight excluding hydrogens is 220 g/mol. The summed E-state index contributed by atoms with van der Waals surface area (Å²) in [5.41, 5.74) is 1.90. The molecule has 18 heavy (non-hydrogen) atoms. The molecule has 1 fully saturated rings. The minimum Gasteiger partial charge on any atom is -0.317 e. The van der Waals surface area contributed by atoms with Crippen LogP contribution < -0.4 is 5.32 Å². The fraction of sp³-hybridized carbons (Fsp3) is 0.688. The van der Waals surface area contributed by atoms with Gasteiger partial charge >= 0.3 is 0 Å². The minimum absolute atomic E-state index is 0.475. The molecule has 0 radical (unpaired) electrons. The van der Waals surface area contributed by atoms with E-state index in [-0.39, 0.29) is 0 Å². The summed E-state index contributed by atoms with van der Waals surface area (Å²) in [5.74, 6) is 1.43. The van der Waals surface area contributed by atoms with Gasteiger partial charge in [0.05, 0.1) is 0 Å². The second-order valence-electron chi connectivity index (χ2n) is 6.37. The standard InChI is InChI=1S/C16H26N2/c1-4-17-11-14-7-8-16(2,3)10-15(14)13-6-5-9-18-12-13/h5-6,9,12,14-15,17H,4,7-8,10-11H2,1-3H3. The van der Waals surface area contributed by atoms with Crippen molar-refractivity contribution < 1.29 is 0 Å². The van der Waals surface area contributed by atoms with Crippen molar-refractivity contribution in [3.05, 3.63) is 30.1 Å². The summed E-state index contributed by atoms with van der Waals surface area (Å²) in [6.45, 7) is 9.21. The lowest BCUT2D eigenvalue weighted by Gasteiger charge is -2.41. The highest BCUT2D eigenvalue weighted by molar-refractivity contribution is 5.17. The van der Waals surface area contributed by atoms with Crippen molar-refractivity contribution in [3.8, 4) is 0 Å². The lowest BCUT2D eigenvalue weighted by atomic mass is 9.65. The van der Waals surface area contributed by atoms with Crippen molar-refractivity contribution in [1.29, 1.82) is 0 Å². The Hall–Kier alpha value is -0.890. The predicted octanol–water partition coefficient (Wildman–Crippen LogP) is 3.60. The van der Waals surface area contributed by atoms with Gasteiger partial charge in [0.2, 0.25) is 0 Å². The summed E-state index contributed by atoms with van der Waals surface area (Å²) in [5, 5.41) is 3.52. The molecule has 2 atom stereocenters. The van der Waals surface area contributed by atoms with E-state index in [9.17, 15) is 0 Å². The zero-order chi connectivity index (χ0) is 13.0. The van der Waals surface area contributed by atoms with E-state index < -0.39 is 0 Å². The third-order valence-corrected chi connectivity index (χ3v) is 4.30. The molecule has 2 unspecified atom stereocenters. The predicted molar refractivity (Wildman–Crippen MR) is 76.6 cm³/mol. The quantitative estimate of drug-likeness (QED) is 0.878. The van der Waals surface area contributed by atoms with E-state index in [1.165, 1.54) is 24.8 Å². The SMILES string of the molecule is CCNCC1CCC(C)(C)CC1c1cccnc1. The molecule has 1 aliphatic carbocycles. The Balaban J connectivity index is 2.14. The smallest absolute Gasteiger partial charge is 0.0302 e. The Bertz CT molecular complexity index is 359. The maximum Gasteiger partial charge on any atom is 0.0302 e. The lowest BCUT2D eigenvalue weighted by molar-refractivity contribution is 0.160. The summed E-state index contributed by atoms with van der Waals surface area (Å²) < 4.78 is 0. The first-order valence-electron chi connectivity index (χ1n) is 7.23. The van der Waals surface area contributed by atoms with Gasteiger partial charge in [-0.15, -0.1) is 0 Å². The van der Waals surface area contributed by atoms with Gasteiger partial charge < -0.3 is 5.32 Å². The van der Waals surface area contributed by atoms with Crippen molar-refractivity contribution in [3.63, 3.8) is 0 Å². The van der Waals surface area contributed by atoms with Crippen LogP contribution in [-0.4, -0.2) is 18.1 Å². The van der Waals surface area contributed by atoms with Gasteiger partial charge in [-0.3, -0.25) is 4.98 Å². The van der Waals surface area contributed by atoms with Gasteiger partial charge in [0.25, 0.3) is 0 Å². The summed E-state index contributed by atoms with van der Waals surface area (Å²) in [6.07, 6.45) is 7.90. The maximum absolute atomic E-state index is 4.30. The van der Waals surface area contributed by atoms with Gasteiger partial charge in [-0.25, -0.2) is 0 Å². The van der Waals surface area contributed by atoms with Gasteiger partial charge in [0, 0.05) is 12.4 Å². The van der Waals surface area contributed by atoms with Crippen LogP contribution in [-0.2, 0) is 0 Å². The van der Waals surface area contributed by atoms with Gasteiger partial charge in [0.1, 0.15) is 0 Å². The van der Waals surface area contributed by atoms with Crippen molar-refractivity contribution >= 4 is 0 Å². The van der Waals surface area contributed by atoms with Crippen molar-refractivity contribution in [2.75, 3.05) is 13.1 Å². The van der Waals surface area contributed by atoms with Gasteiger partial charge in [-0.1, -0.05) is 26.8 Å². The third kappa shape index (κ3) is 3.32. The number of hydrogen-bond acceptors (Lipinski definition) is 2. The molecule has 1 saturated carbocycles. The van der Waals surface area contributed by atoms with Gasteiger partial charge in [0.15, 0.2) is 0 Å². The van der Waals surface area contributed by atoms with Crippen LogP contribution in [0.25, 0.3) is 0 Å². The number of nitrogens with one attached hydrogen (secondary N) is 1. The van der Waals surface area contributed by atoms with Gasteiger partial charge in [-0.05, 0) is 61.2 Å². The van der Waals surface area contributed by atoms with Crippen LogP contribution in [0.1, 0.15) is 51.5 Å². The van der Waals surface area contributed by atoms with Gasteiger partial charge in [-0.2, -0.15) is 0 Å². The van der Waals surface area contributed by atoms with Crippen LogP contribution in [0.2, 0.25) is 0 Å². The molecule has 1 N–H and O–H groups in total. The monoisotopic (exact) mass is 246 g/mol. The molecule has 2 heteroatoms. The average molecular weight is 246 g/mol. The number of hydrogen-bond donors (Lipinski definition) is 1. The van der Waals surface area contributed by atoms with E-state index in [1.807, 2.05) is 6.20 Å². The number of aromatic nitrogens is 1. The molecule has 0 aromatic carbocycles. The second kappa shape index (κ2) is 5.83. The molecule has 0 amide bonds. The average Bonchev–Trinajstić information content (AvgIpc) is 2.38. The Labute approximate surface area is 111 Å².